The highest BCUT2D eigenvalue weighted by atomic mass is 16.4. The van der Waals surface area contributed by atoms with Crippen molar-refractivity contribution >= 4 is 11.9 Å². The maximum Gasteiger partial charge on any atom is 0.305 e. The van der Waals surface area contributed by atoms with Crippen LogP contribution in [0, 0.1) is 13.8 Å². The van der Waals surface area contributed by atoms with Crippen LogP contribution >= 0.6 is 0 Å². The van der Waals surface area contributed by atoms with E-state index in [0.29, 0.717) is 5.69 Å². The number of amides is 1. The topological polar surface area (TPSA) is 104 Å². The van der Waals surface area contributed by atoms with Crippen LogP contribution in [0.5, 0.6) is 0 Å². The van der Waals surface area contributed by atoms with Crippen LogP contribution in [0.4, 0.5) is 0 Å². The molecular weight excluding hydrogens is 358 g/mol. The Kier molecular flexibility index (Phi) is 5.44. The van der Waals surface area contributed by atoms with Gasteiger partial charge >= 0.3 is 5.97 Å². The number of carbonyl (C=O) groups is 2. The molecule has 3 rings (SSSR count). The van der Waals surface area contributed by atoms with Crippen LogP contribution in [0.3, 0.4) is 0 Å². The molecule has 144 valence electrons. The zero-order valence-electron chi connectivity index (χ0n) is 15.6. The molecule has 7 nitrogen and oxygen atoms in total. The molecule has 0 radical (unpaired) electrons. The SMILES string of the molecule is Cc1cccc(C(CC(=O)O)NC(=O)c2cc(=O)n(-c3ccccc3)[nH]2)c1C. The third kappa shape index (κ3) is 4.03. The maximum absolute atomic E-state index is 12.7. The second kappa shape index (κ2) is 7.96. The van der Waals surface area contributed by atoms with Crippen LogP contribution in [-0.4, -0.2) is 26.8 Å². The molecule has 1 aromatic heterocycles. The first-order chi connectivity index (χ1) is 13.4. The number of aliphatic carboxylic acids is 1. The fourth-order valence-electron chi connectivity index (χ4n) is 3.08. The van der Waals surface area contributed by atoms with Crippen molar-refractivity contribution in [3.05, 3.63) is 87.3 Å². The van der Waals surface area contributed by atoms with Crippen LogP contribution in [0.1, 0.15) is 39.6 Å². The molecule has 0 spiro atoms. The Hall–Kier alpha value is -3.61. The average Bonchev–Trinajstić information content (AvgIpc) is 3.06. The van der Waals surface area contributed by atoms with Gasteiger partial charge < -0.3 is 10.4 Å². The van der Waals surface area contributed by atoms with Crippen molar-refractivity contribution in [2.75, 3.05) is 0 Å². The molecule has 28 heavy (non-hydrogen) atoms. The minimum absolute atomic E-state index is 0.0644. The van der Waals surface area contributed by atoms with Crippen LogP contribution in [0.15, 0.2) is 59.4 Å². The second-order valence-corrected chi connectivity index (χ2v) is 6.59. The highest BCUT2D eigenvalue weighted by Gasteiger charge is 2.22. The number of benzene rings is 2. The molecule has 3 N–H and O–H groups in total. The summed E-state index contributed by atoms with van der Waals surface area (Å²) in [7, 11) is 0. The molecule has 1 unspecified atom stereocenters. The lowest BCUT2D eigenvalue weighted by Gasteiger charge is -2.20. The molecule has 0 bridgehead atoms. The Morgan fingerprint density at radius 3 is 2.50 bits per heavy atom. The number of nitrogens with zero attached hydrogens (tertiary/aromatic N) is 1. The number of carbonyl (C=O) groups excluding carboxylic acids is 1. The molecule has 0 saturated carbocycles. The maximum atomic E-state index is 12.7. The van der Waals surface area contributed by atoms with Crippen molar-refractivity contribution in [2.24, 2.45) is 0 Å². The van der Waals surface area contributed by atoms with E-state index >= 15 is 0 Å². The van der Waals surface area contributed by atoms with Crippen LogP contribution in [0.2, 0.25) is 0 Å². The van der Waals surface area contributed by atoms with Gasteiger partial charge in [0.1, 0.15) is 5.69 Å². The summed E-state index contributed by atoms with van der Waals surface area (Å²) in [6, 6.07) is 14.9. The van der Waals surface area contributed by atoms with Gasteiger partial charge in [-0.1, -0.05) is 36.4 Å². The largest absolute Gasteiger partial charge is 0.481 e. The Morgan fingerprint density at radius 2 is 1.82 bits per heavy atom. The first-order valence-electron chi connectivity index (χ1n) is 8.83. The predicted molar refractivity (Wildman–Crippen MR) is 105 cm³/mol. The van der Waals surface area contributed by atoms with Gasteiger partial charge in [0.15, 0.2) is 0 Å². The third-order valence-electron chi connectivity index (χ3n) is 4.69. The van der Waals surface area contributed by atoms with Crippen molar-refractivity contribution in [1.29, 1.82) is 0 Å². The van der Waals surface area contributed by atoms with Crippen molar-refractivity contribution in [2.45, 2.75) is 26.3 Å². The van der Waals surface area contributed by atoms with E-state index in [4.69, 9.17) is 0 Å². The number of hydrogen-bond donors (Lipinski definition) is 3. The van der Waals surface area contributed by atoms with Gasteiger partial charge in [-0.3, -0.25) is 19.5 Å². The number of aromatic nitrogens is 2. The van der Waals surface area contributed by atoms with Gasteiger partial charge in [-0.15, -0.1) is 0 Å². The van der Waals surface area contributed by atoms with Gasteiger partial charge in [-0.2, -0.15) is 0 Å². The fourth-order valence-corrected chi connectivity index (χ4v) is 3.08. The van der Waals surface area contributed by atoms with Gasteiger partial charge in [0, 0.05) is 6.07 Å². The summed E-state index contributed by atoms with van der Waals surface area (Å²) in [5.74, 6) is -1.57. The van der Waals surface area contributed by atoms with E-state index in [-0.39, 0.29) is 17.7 Å². The van der Waals surface area contributed by atoms with Gasteiger partial charge in [-0.05, 0) is 42.7 Å². The second-order valence-electron chi connectivity index (χ2n) is 6.59. The molecule has 0 aliphatic carbocycles. The van der Waals surface area contributed by atoms with Crippen LogP contribution < -0.4 is 10.9 Å². The summed E-state index contributed by atoms with van der Waals surface area (Å²) in [5, 5.41) is 14.8. The molecule has 0 aliphatic rings. The highest BCUT2D eigenvalue weighted by molar-refractivity contribution is 5.92. The van der Waals surface area contributed by atoms with Gasteiger partial charge in [0.25, 0.3) is 11.5 Å². The zero-order valence-corrected chi connectivity index (χ0v) is 15.6. The number of carboxylic acids is 1. The highest BCUT2D eigenvalue weighted by Crippen LogP contribution is 2.23. The molecule has 7 heteroatoms. The first kappa shape index (κ1) is 19.2. The Morgan fingerprint density at radius 1 is 1.11 bits per heavy atom. The van der Waals surface area contributed by atoms with Crippen LogP contribution in [-0.2, 0) is 4.79 Å². The van der Waals surface area contributed by atoms with Gasteiger partial charge in [-0.25, -0.2) is 4.68 Å². The number of para-hydroxylation sites is 1. The van der Waals surface area contributed by atoms with Crippen molar-refractivity contribution in [3.8, 4) is 5.69 Å². The number of aromatic amines is 1. The summed E-state index contributed by atoms with van der Waals surface area (Å²) in [5.41, 5.74) is 2.95. The zero-order chi connectivity index (χ0) is 20.3. The molecule has 2 aromatic carbocycles. The molecule has 1 amide bonds. The van der Waals surface area contributed by atoms with Crippen LogP contribution in [0.25, 0.3) is 5.69 Å². The lowest BCUT2D eigenvalue weighted by molar-refractivity contribution is -0.137. The van der Waals surface area contributed by atoms with E-state index in [9.17, 15) is 19.5 Å². The van der Waals surface area contributed by atoms with Crippen molar-refractivity contribution < 1.29 is 14.7 Å². The molecule has 3 aromatic rings. The number of H-pyrrole nitrogens is 1. The third-order valence-corrected chi connectivity index (χ3v) is 4.69. The Bertz CT molecular complexity index is 1070. The Labute approximate surface area is 161 Å². The lowest BCUT2D eigenvalue weighted by Crippen LogP contribution is -2.31. The van der Waals surface area contributed by atoms with Crippen molar-refractivity contribution in [3.63, 3.8) is 0 Å². The predicted octanol–water partition coefficient (Wildman–Crippen LogP) is 2.73. The quantitative estimate of drug-likeness (QED) is 0.612. The normalized spacial score (nSPS) is 11.8. The van der Waals surface area contributed by atoms with E-state index in [0.717, 1.165) is 16.7 Å². The standard InChI is InChI=1S/C21H21N3O4/c1-13-7-6-10-16(14(13)2)17(12-20(26)27)22-21(28)18-11-19(25)24(23-18)15-8-4-3-5-9-15/h3-11,17,23H,12H2,1-2H3,(H,22,28)(H,26,27). The van der Waals surface area contributed by atoms with Crippen molar-refractivity contribution in [1.82, 2.24) is 15.1 Å². The van der Waals surface area contributed by atoms with E-state index < -0.39 is 17.9 Å². The lowest BCUT2D eigenvalue weighted by atomic mass is 9.95. The molecule has 1 heterocycles. The minimum Gasteiger partial charge on any atom is -0.481 e. The number of carboxylic acid groups (broad SMARTS) is 1. The smallest absolute Gasteiger partial charge is 0.305 e. The number of rotatable bonds is 6. The number of nitrogens with one attached hydrogen (secondary N) is 2. The molecule has 0 saturated heterocycles. The monoisotopic (exact) mass is 379 g/mol. The molecule has 0 aliphatic heterocycles. The van der Waals surface area contributed by atoms with E-state index in [2.05, 4.69) is 10.4 Å². The molecule has 0 fully saturated rings. The summed E-state index contributed by atoms with van der Waals surface area (Å²) >= 11 is 0. The number of hydrogen-bond acceptors (Lipinski definition) is 3. The van der Waals surface area contributed by atoms with Gasteiger partial charge in [0.2, 0.25) is 0 Å². The molecular formula is C21H21N3O4. The van der Waals surface area contributed by atoms with E-state index in [1.807, 2.05) is 32.0 Å². The van der Waals surface area contributed by atoms with E-state index in [1.54, 1.807) is 30.3 Å². The Balaban J connectivity index is 1.90. The number of aryl methyl sites for hydroxylation is 1. The van der Waals surface area contributed by atoms with E-state index in [1.165, 1.54) is 10.7 Å². The summed E-state index contributed by atoms with van der Waals surface area (Å²) in [6.45, 7) is 3.81. The minimum atomic E-state index is -1.03. The summed E-state index contributed by atoms with van der Waals surface area (Å²) in [6.07, 6.45) is -0.264. The first-order valence-corrected chi connectivity index (χ1v) is 8.83. The summed E-state index contributed by atoms with van der Waals surface area (Å²) < 4.78 is 1.26. The molecule has 1 atom stereocenters. The summed E-state index contributed by atoms with van der Waals surface area (Å²) in [4.78, 5) is 36.3. The van der Waals surface area contributed by atoms with Gasteiger partial charge in [0.05, 0.1) is 18.2 Å². The average molecular weight is 379 g/mol. The fraction of sp³-hybridized carbons (Fsp3) is 0.190.